The minimum absolute atomic E-state index is 0.0760. The molecule has 128 valence electrons. The predicted octanol–water partition coefficient (Wildman–Crippen LogP) is 2.48. The van der Waals surface area contributed by atoms with E-state index in [0.29, 0.717) is 24.5 Å². The van der Waals surface area contributed by atoms with Crippen molar-refractivity contribution in [1.82, 2.24) is 5.32 Å². The third-order valence-electron chi connectivity index (χ3n) is 3.47. The molecule has 0 spiro atoms. The summed E-state index contributed by atoms with van der Waals surface area (Å²) in [4.78, 5) is 11.7. The van der Waals surface area contributed by atoms with Crippen LogP contribution in [-0.4, -0.2) is 37.4 Å². The predicted molar refractivity (Wildman–Crippen MR) is 92.8 cm³/mol. The van der Waals surface area contributed by atoms with E-state index in [-0.39, 0.29) is 19.1 Å². The lowest BCUT2D eigenvalue weighted by Gasteiger charge is -2.11. The van der Waals surface area contributed by atoms with Gasteiger partial charge < -0.3 is 19.9 Å². The summed E-state index contributed by atoms with van der Waals surface area (Å²) in [6, 6.07) is 13.0. The summed E-state index contributed by atoms with van der Waals surface area (Å²) in [5.41, 5.74) is 2.79. The summed E-state index contributed by atoms with van der Waals surface area (Å²) >= 11 is 0. The number of hydrogen-bond donors (Lipinski definition) is 2. The number of carbonyl (C=O) groups excluding carboxylic acids is 1. The summed E-state index contributed by atoms with van der Waals surface area (Å²) in [6.45, 7) is 5.07. The van der Waals surface area contributed by atoms with Crippen molar-refractivity contribution in [2.75, 3.05) is 26.4 Å². The van der Waals surface area contributed by atoms with Crippen LogP contribution in [0.1, 0.15) is 21.5 Å². The maximum Gasteiger partial charge on any atom is 0.251 e. The number of aryl methyl sites for hydroxylation is 2. The van der Waals surface area contributed by atoms with Crippen molar-refractivity contribution in [3.8, 4) is 11.5 Å². The first-order chi connectivity index (χ1) is 11.6. The lowest BCUT2D eigenvalue weighted by Crippen LogP contribution is -2.26. The average molecular weight is 329 g/mol. The van der Waals surface area contributed by atoms with Crippen molar-refractivity contribution in [3.63, 3.8) is 0 Å². The highest BCUT2D eigenvalue weighted by molar-refractivity contribution is 5.94. The molecule has 5 heteroatoms. The monoisotopic (exact) mass is 329 g/mol. The molecule has 0 radical (unpaired) electrons. The first-order valence-electron chi connectivity index (χ1n) is 7.92. The topological polar surface area (TPSA) is 67.8 Å². The van der Waals surface area contributed by atoms with E-state index in [9.17, 15) is 4.79 Å². The van der Waals surface area contributed by atoms with Gasteiger partial charge in [-0.2, -0.15) is 0 Å². The third-order valence-corrected chi connectivity index (χ3v) is 3.47. The Kier molecular flexibility index (Phi) is 6.63. The van der Waals surface area contributed by atoms with Crippen LogP contribution in [-0.2, 0) is 0 Å². The Morgan fingerprint density at radius 2 is 1.75 bits per heavy atom. The van der Waals surface area contributed by atoms with Gasteiger partial charge in [0.1, 0.15) is 24.7 Å². The van der Waals surface area contributed by atoms with Crippen molar-refractivity contribution in [3.05, 3.63) is 59.2 Å². The molecule has 2 aromatic rings. The lowest BCUT2D eigenvalue weighted by atomic mass is 10.1. The molecule has 0 heterocycles. The molecule has 0 aliphatic rings. The number of benzene rings is 2. The SMILES string of the molecule is Cc1ccc(C)c(OCCOc2ccc(C(=O)NCCO)cc2)c1. The van der Waals surface area contributed by atoms with Crippen molar-refractivity contribution >= 4 is 5.91 Å². The second-order valence-corrected chi connectivity index (χ2v) is 5.47. The fourth-order valence-electron chi connectivity index (χ4n) is 2.15. The number of aliphatic hydroxyl groups excluding tert-OH is 1. The van der Waals surface area contributed by atoms with Crippen molar-refractivity contribution < 1.29 is 19.4 Å². The molecule has 0 aromatic heterocycles. The molecule has 0 saturated heterocycles. The van der Waals surface area contributed by atoms with Gasteiger partial charge in [-0.15, -0.1) is 0 Å². The smallest absolute Gasteiger partial charge is 0.251 e. The molecule has 0 bridgehead atoms. The Bertz CT molecular complexity index is 668. The Hall–Kier alpha value is -2.53. The van der Waals surface area contributed by atoms with Gasteiger partial charge in [0.05, 0.1) is 6.61 Å². The van der Waals surface area contributed by atoms with E-state index in [4.69, 9.17) is 14.6 Å². The van der Waals surface area contributed by atoms with Crippen molar-refractivity contribution in [2.45, 2.75) is 13.8 Å². The fraction of sp³-hybridized carbons (Fsp3) is 0.316. The number of hydrogen-bond acceptors (Lipinski definition) is 4. The second-order valence-electron chi connectivity index (χ2n) is 5.47. The molecule has 0 aliphatic heterocycles. The zero-order valence-corrected chi connectivity index (χ0v) is 14.0. The van der Waals surface area contributed by atoms with Gasteiger partial charge in [0.2, 0.25) is 0 Å². The van der Waals surface area contributed by atoms with Crippen molar-refractivity contribution in [1.29, 1.82) is 0 Å². The fourth-order valence-corrected chi connectivity index (χ4v) is 2.15. The molecule has 5 nitrogen and oxygen atoms in total. The molecule has 2 aromatic carbocycles. The lowest BCUT2D eigenvalue weighted by molar-refractivity contribution is 0.0944. The Balaban J connectivity index is 1.78. The van der Waals surface area contributed by atoms with E-state index in [1.54, 1.807) is 24.3 Å². The minimum atomic E-state index is -0.214. The maximum atomic E-state index is 11.7. The minimum Gasteiger partial charge on any atom is -0.490 e. The van der Waals surface area contributed by atoms with Gasteiger partial charge in [-0.1, -0.05) is 12.1 Å². The van der Waals surface area contributed by atoms with Gasteiger partial charge in [-0.05, 0) is 55.3 Å². The highest BCUT2D eigenvalue weighted by Gasteiger charge is 2.05. The number of amides is 1. The quantitative estimate of drug-likeness (QED) is 0.730. The van der Waals surface area contributed by atoms with E-state index in [1.165, 1.54) is 0 Å². The molecule has 0 saturated carbocycles. The average Bonchev–Trinajstić information content (AvgIpc) is 2.60. The molecule has 0 aliphatic carbocycles. The van der Waals surface area contributed by atoms with Crippen molar-refractivity contribution in [2.24, 2.45) is 0 Å². The molecule has 0 fully saturated rings. The standard InChI is InChI=1S/C19H23NO4/c1-14-3-4-15(2)18(13-14)24-12-11-23-17-7-5-16(6-8-17)19(22)20-9-10-21/h3-8,13,21H,9-12H2,1-2H3,(H,20,22). The van der Waals surface area contributed by atoms with Crippen LogP contribution in [0.25, 0.3) is 0 Å². The molecular formula is C19H23NO4. The Morgan fingerprint density at radius 1 is 1.04 bits per heavy atom. The molecule has 1 amide bonds. The normalized spacial score (nSPS) is 10.3. The number of carbonyl (C=O) groups is 1. The van der Waals surface area contributed by atoms with Gasteiger partial charge in [-0.3, -0.25) is 4.79 Å². The van der Waals surface area contributed by atoms with Crippen LogP contribution in [0.4, 0.5) is 0 Å². The highest BCUT2D eigenvalue weighted by Crippen LogP contribution is 2.19. The van der Waals surface area contributed by atoms with E-state index < -0.39 is 0 Å². The first kappa shape index (κ1) is 17.8. The van der Waals surface area contributed by atoms with E-state index in [2.05, 4.69) is 11.4 Å². The van der Waals surface area contributed by atoms with Gasteiger partial charge >= 0.3 is 0 Å². The second kappa shape index (κ2) is 8.93. The molecule has 24 heavy (non-hydrogen) atoms. The van der Waals surface area contributed by atoms with E-state index in [1.807, 2.05) is 26.0 Å². The maximum absolute atomic E-state index is 11.7. The first-order valence-corrected chi connectivity index (χ1v) is 7.92. The van der Waals surface area contributed by atoms with Crippen LogP contribution in [0, 0.1) is 13.8 Å². The molecule has 2 N–H and O–H groups in total. The number of ether oxygens (including phenoxy) is 2. The van der Waals surface area contributed by atoms with Crippen LogP contribution in [0.15, 0.2) is 42.5 Å². The summed E-state index contributed by atoms with van der Waals surface area (Å²) in [5, 5.41) is 11.3. The molecule has 0 unspecified atom stereocenters. The summed E-state index contributed by atoms with van der Waals surface area (Å²) in [6.07, 6.45) is 0. The Labute approximate surface area is 142 Å². The van der Waals surface area contributed by atoms with Gasteiger partial charge in [-0.25, -0.2) is 0 Å². The molecule has 2 rings (SSSR count). The van der Waals surface area contributed by atoms with Crippen LogP contribution >= 0.6 is 0 Å². The highest BCUT2D eigenvalue weighted by atomic mass is 16.5. The molecular weight excluding hydrogens is 306 g/mol. The number of nitrogens with one attached hydrogen (secondary N) is 1. The largest absolute Gasteiger partial charge is 0.490 e. The van der Waals surface area contributed by atoms with Crippen LogP contribution in [0.2, 0.25) is 0 Å². The third kappa shape index (κ3) is 5.28. The summed E-state index contributed by atoms with van der Waals surface area (Å²) in [5.74, 6) is 1.33. The summed E-state index contributed by atoms with van der Waals surface area (Å²) in [7, 11) is 0. The zero-order valence-electron chi connectivity index (χ0n) is 14.0. The number of aliphatic hydroxyl groups is 1. The molecule has 0 atom stereocenters. The van der Waals surface area contributed by atoms with E-state index >= 15 is 0 Å². The van der Waals surface area contributed by atoms with Gasteiger partial charge in [0, 0.05) is 12.1 Å². The summed E-state index contributed by atoms with van der Waals surface area (Å²) < 4.78 is 11.3. The number of rotatable bonds is 8. The van der Waals surface area contributed by atoms with E-state index in [0.717, 1.165) is 16.9 Å². The van der Waals surface area contributed by atoms with Gasteiger partial charge in [0.15, 0.2) is 0 Å². The zero-order chi connectivity index (χ0) is 17.4. The Morgan fingerprint density at radius 3 is 2.46 bits per heavy atom. The van der Waals surface area contributed by atoms with Gasteiger partial charge in [0.25, 0.3) is 5.91 Å². The van der Waals surface area contributed by atoms with Crippen LogP contribution < -0.4 is 14.8 Å². The van der Waals surface area contributed by atoms with Crippen LogP contribution in [0.5, 0.6) is 11.5 Å². The van der Waals surface area contributed by atoms with Crippen LogP contribution in [0.3, 0.4) is 0 Å².